The van der Waals surface area contributed by atoms with E-state index in [0.29, 0.717) is 17.9 Å². The van der Waals surface area contributed by atoms with Crippen LogP contribution in [-0.2, 0) is 0 Å². The molecule has 0 aliphatic rings. The van der Waals surface area contributed by atoms with Crippen molar-refractivity contribution in [2.75, 3.05) is 13.2 Å². The second-order valence-electron chi connectivity index (χ2n) is 7.49. The topological polar surface area (TPSA) is 69.4 Å². The number of ketones is 1. The van der Waals surface area contributed by atoms with E-state index in [1.165, 1.54) is 0 Å². The summed E-state index contributed by atoms with van der Waals surface area (Å²) in [5.41, 5.74) is 1.58. The van der Waals surface area contributed by atoms with Gasteiger partial charge in [-0.3, -0.25) is 14.9 Å². The minimum absolute atomic E-state index is 0.0399. The van der Waals surface area contributed by atoms with Crippen molar-refractivity contribution in [1.29, 1.82) is 0 Å². The van der Waals surface area contributed by atoms with Gasteiger partial charge in [0.05, 0.1) is 12.2 Å². The number of carbonyl (C=O) groups excluding carboxylic acids is 1. The first kappa shape index (κ1) is 22.1. The molecule has 0 fully saturated rings. The lowest BCUT2D eigenvalue weighted by molar-refractivity contribution is -0.481. The zero-order valence-corrected chi connectivity index (χ0v) is 16.8. The minimum Gasteiger partial charge on any atom is -0.493 e. The van der Waals surface area contributed by atoms with Crippen LogP contribution in [0.5, 0.6) is 5.75 Å². The van der Waals surface area contributed by atoms with Crippen LogP contribution < -0.4 is 4.74 Å². The molecule has 0 amide bonds. The van der Waals surface area contributed by atoms with Gasteiger partial charge in [0.1, 0.15) is 5.75 Å². The van der Waals surface area contributed by atoms with Crippen molar-refractivity contribution >= 4 is 5.78 Å². The van der Waals surface area contributed by atoms with Gasteiger partial charge >= 0.3 is 0 Å². The number of Topliss-reactive ketones (excluding diaryl/α,β-unsaturated/α-hetero) is 1. The minimum atomic E-state index is -0.374. The number of para-hydroxylation sites is 1. The molecule has 1 aromatic rings. The quantitative estimate of drug-likeness (QED) is 0.213. The summed E-state index contributed by atoms with van der Waals surface area (Å²) in [7, 11) is 0. The van der Waals surface area contributed by atoms with E-state index in [4.69, 9.17) is 4.74 Å². The highest BCUT2D eigenvalue weighted by Crippen LogP contribution is 2.34. The summed E-state index contributed by atoms with van der Waals surface area (Å²) in [6, 6.07) is 5.68. The van der Waals surface area contributed by atoms with Crippen molar-refractivity contribution in [1.82, 2.24) is 0 Å². The van der Waals surface area contributed by atoms with Crippen molar-refractivity contribution in [3.8, 4) is 5.75 Å². The molecular weight excluding hydrogens is 330 g/mol. The molecule has 1 rings (SSSR count). The lowest BCUT2D eigenvalue weighted by atomic mass is 9.84. The average molecular weight is 363 g/mol. The number of ether oxygens (including phenoxy) is 1. The smallest absolute Gasteiger partial charge is 0.204 e. The Morgan fingerprint density at radius 1 is 1.19 bits per heavy atom. The zero-order valence-electron chi connectivity index (χ0n) is 16.8. The van der Waals surface area contributed by atoms with E-state index in [2.05, 4.69) is 20.8 Å². The first-order chi connectivity index (χ1) is 12.3. The van der Waals surface area contributed by atoms with E-state index in [0.717, 1.165) is 24.8 Å². The van der Waals surface area contributed by atoms with Gasteiger partial charge in [-0.15, -0.1) is 0 Å². The second-order valence-corrected chi connectivity index (χ2v) is 7.49. The van der Waals surface area contributed by atoms with Crippen molar-refractivity contribution in [2.24, 2.45) is 11.8 Å². The predicted octanol–water partition coefficient (Wildman–Crippen LogP) is 5.50. The van der Waals surface area contributed by atoms with Crippen LogP contribution in [-0.4, -0.2) is 23.9 Å². The summed E-state index contributed by atoms with van der Waals surface area (Å²) in [5, 5.41) is 10.8. The fraction of sp³-hybridized carbons (Fsp3) is 0.667. The molecule has 0 aliphatic heterocycles. The second kappa shape index (κ2) is 10.9. The van der Waals surface area contributed by atoms with Gasteiger partial charge in [0.2, 0.25) is 6.54 Å². The monoisotopic (exact) mass is 363 g/mol. The Labute approximate surface area is 157 Å². The van der Waals surface area contributed by atoms with E-state index < -0.39 is 0 Å². The number of nitro groups is 1. The third kappa shape index (κ3) is 6.43. The highest BCUT2D eigenvalue weighted by molar-refractivity contribution is 6.00. The maximum atomic E-state index is 13.2. The fourth-order valence-corrected chi connectivity index (χ4v) is 3.10. The summed E-state index contributed by atoms with van der Waals surface area (Å²) in [6.07, 6.45) is 3.40. The number of hydrogen-bond acceptors (Lipinski definition) is 4. The number of carbonyl (C=O) groups is 1. The van der Waals surface area contributed by atoms with Crippen LogP contribution in [0.3, 0.4) is 0 Å². The number of rotatable bonds is 12. The maximum absolute atomic E-state index is 13.2. The molecule has 0 heterocycles. The van der Waals surface area contributed by atoms with Gasteiger partial charge in [-0.2, -0.15) is 0 Å². The molecule has 1 unspecified atom stereocenters. The SMILES string of the molecule is CCCCCOc1c(C(=O)C(CC[N+](=O)[O-])C(C)C)cccc1C(C)C. The number of nitrogens with zero attached hydrogens (tertiary/aromatic N) is 1. The third-order valence-corrected chi connectivity index (χ3v) is 4.69. The van der Waals surface area contributed by atoms with Gasteiger partial charge in [0.15, 0.2) is 5.78 Å². The van der Waals surface area contributed by atoms with Crippen LogP contribution in [0.25, 0.3) is 0 Å². The van der Waals surface area contributed by atoms with Crippen molar-refractivity contribution in [3.63, 3.8) is 0 Å². The van der Waals surface area contributed by atoms with Gasteiger partial charge < -0.3 is 4.74 Å². The van der Waals surface area contributed by atoms with Crippen molar-refractivity contribution in [2.45, 2.75) is 66.2 Å². The molecule has 0 aliphatic carbocycles. The molecule has 5 nitrogen and oxygen atoms in total. The van der Waals surface area contributed by atoms with Crippen molar-refractivity contribution in [3.05, 3.63) is 39.4 Å². The van der Waals surface area contributed by atoms with E-state index in [9.17, 15) is 14.9 Å². The van der Waals surface area contributed by atoms with Gasteiger partial charge in [0.25, 0.3) is 0 Å². The molecule has 0 aromatic heterocycles. The summed E-state index contributed by atoms with van der Waals surface area (Å²) in [6.45, 7) is 10.6. The van der Waals surface area contributed by atoms with Gasteiger partial charge in [-0.05, 0) is 29.9 Å². The third-order valence-electron chi connectivity index (χ3n) is 4.69. The van der Waals surface area contributed by atoms with Crippen LogP contribution >= 0.6 is 0 Å². The predicted molar refractivity (Wildman–Crippen MR) is 105 cm³/mol. The van der Waals surface area contributed by atoms with Crippen LogP contribution in [0.4, 0.5) is 0 Å². The maximum Gasteiger partial charge on any atom is 0.204 e. The first-order valence-electron chi connectivity index (χ1n) is 9.71. The van der Waals surface area contributed by atoms with E-state index in [1.54, 1.807) is 6.07 Å². The lowest BCUT2D eigenvalue weighted by Crippen LogP contribution is -2.24. The van der Waals surface area contributed by atoms with Gasteiger partial charge in [-0.25, -0.2) is 0 Å². The molecule has 1 aromatic carbocycles. The summed E-state index contributed by atoms with van der Waals surface area (Å²) >= 11 is 0. The van der Waals surface area contributed by atoms with Crippen LogP contribution in [0, 0.1) is 22.0 Å². The van der Waals surface area contributed by atoms with Crippen LogP contribution in [0.15, 0.2) is 18.2 Å². The van der Waals surface area contributed by atoms with E-state index >= 15 is 0 Å². The zero-order chi connectivity index (χ0) is 19.7. The first-order valence-corrected chi connectivity index (χ1v) is 9.71. The van der Waals surface area contributed by atoms with Gasteiger partial charge in [-0.1, -0.05) is 59.6 Å². The number of benzene rings is 1. The highest BCUT2D eigenvalue weighted by Gasteiger charge is 2.28. The van der Waals surface area contributed by atoms with Gasteiger partial charge in [0, 0.05) is 17.3 Å². The Morgan fingerprint density at radius 2 is 1.88 bits per heavy atom. The molecular formula is C21H33NO4. The Bertz CT molecular complexity index is 596. The van der Waals surface area contributed by atoms with Crippen LogP contribution in [0.1, 0.15) is 82.1 Å². The molecule has 26 heavy (non-hydrogen) atoms. The lowest BCUT2D eigenvalue weighted by Gasteiger charge is -2.22. The molecule has 0 spiro atoms. The number of hydrogen-bond donors (Lipinski definition) is 0. The fourth-order valence-electron chi connectivity index (χ4n) is 3.10. The normalized spacial score (nSPS) is 12.4. The van der Waals surface area contributed by atoms with Crippen LogP contribution in [0.2, 0.25) is 0 Å². The molecule has 5 heteroatoms. The van der Waals surface area contributed by atoms with E-state index in [1.807, 2.05) is 26.0 Å². The summed E-state index contributed by atoms with van der Waals surface area (Å²) in [4.78, 5) is 23.6. The molecule has 146 valence electrons. The Hall–Kier alpha value is -1.91. The standard InChI is InChI=1S/C21H33NO4/c1-6-7-8-14-26-21-18(16(4)5)10-9-11-19(21)20(23)17(15(2)3)12-13-22(24)25/h9-11,15-17H,6-8,12-14H2,1-5H3. The Morgan fingerprint density at radius 3 is 2.42 bits per heavy atom. The van der Waals surface area contributed by atoms with Crippen molar-refractivity contribution < 1.29 is 14.5 Å². The Balaban J connectivity index is 3.15. The molecule has 0 saturated carbocycles. The number of unbranched alkanes of at least 4 members (excludes halogenated alkanes) is 2. The largest absolute Gasteiger partial charge is 0.493 e. The molecule has 0 radical (unpaired) electrons. The van der Waals surface area contributed by atoms with E-state index in [-0.39, 0.29) is 41.4 Å². The average Bonchev–Trinajstić information content (AvgIpc) is 2.57. The molecule has 0 bridgehead atoms. The summed E-state index contributed by atoms with van der Waals surface area (Å²) < 4.78 is 6.05. The Kier molecular flexibility index (Phi) is 9.31. The summed E-state index contributed by atoms with van der Waals surface area (Å²) in [5.74, 6) is 0.518. The highest BCUT2D eigenvalue weighted by atomic mass is 16.6. The molecule has 0 N–H and O–H groups in total. The molecule has 1 atom stereocenters. The molecule has 0 saturated heterocycles.